The zero-order chi connectivity index (χ0) is 14.7. The van der Waals surface area contributed by atoms with Crippen molar-refractivity contribution in [1.82, 2.24) is 9.97 Å². The smallest absolute Gasteiger partial charge is 0.223 e. The molecule has 0 aliphatic rings. The highest BCUT2D eigenvalue weighted by Crippen LogP contribution is 2.19. The van der Waals surface area contributed by atoms with Crippen LogP contribution in [0.2, 0.25) is 5.15 Å². The van der Waals surface area contributed by atoms with Gasteiger partial charge in [0.1, 0.15) is 22.6 Å². The molecule has 8 heteroatoms. The number of nitrogen functional groups attached to an aromatic ring is 1. The number of nitrogens with two attached hydrogens (primary N) is 1. The molecule has 0 spiro atoms. The Balaban J connectivity index is 2.06. The summed E-state index contributed by atoms with van der Waals surface area (Å²) in [4.78, 5) is 7.51. The van der Waals surface area contributed by atoms with Crippen molar-refractivity contribution in [2.75, 3.05) is 17.6 Å². The average molecular weight is 301 g/mol. The molecular formula is C12H11ClF2N4O. The van der Waals surface area contributed by atoms with Crippen molar-refractivity contribution < 1.29 is 13.9 Å². The van der Waals surface area contributed by atoms with Crippen LogP contribution in [0.25, 0.3) is 0 Å². The van der Waals surface area contributed by atoms with E-state index in [4.69, 9.17) is 17.3 Å². The SMILES string of the molecule is Nc1nc(Cl)cc(NC[C@H](O)c2ccc(F)cc2F)n1. The molecule has 0 fully saturated rings. The third-order valence-corrected chi connectivity index (χ3v) is 2.70. The molecule has 0 amide bonds. The highest BCUT2D eigenvalue weighted by Gasteiger charge is 2.13. The van der Waals surface area contributed by atoms with Crippen LogP contribution in [0, 0.1) is 11.6 Å². The monoisotopic (exact) mass is 300 g/mol. The lowest BCUT2D eigenvalue weighted by atomic mass is 10.1. The van der Waals surface area contributed by atoms with E-state index in [9.17, 15) is 13.9 Å². The normalized spacial score (nSPS) is 12.2. The summed E-state index contributed by atoms with van der Waals surface area (Å²) >= 11 is 5.69. The average Bonchev–Trinajstić information content (AvgIpc) is 2.35. The van der Waals surface area contributed by atoms with Crippen LogP contribution in [0.1, 0.15) is 11.7 Å². The number of nitrogens with zero attached hydrogens (tertiary/aromatic N) is 2. The molecule has 5 nitrogen and oxygen atoms in total. The summed E-state index contributed by atoms with van der Waals surface area (Å²) in [7, 11) is 0. The van der Waals surface area contributed by atoms with E-state index in [1.807, 2.05) is 0 Å². The molecule has 4 N–H and O–H groups in total. The van der Waals surface area contributed by atoms with E-state index in [0.717, 1.165) is 6.07 Å². The van der Waals surface area contributed by atoms with E-state index < -0.39 is 17.7 Å². The molecule has 0 aliphatic heterocycles. The molecular weight excluding hydrogens is 290 g/mol. The molecule has 1 aromatic heterocycles. The van der Waals surface area contributed by atoms with E-state index >= 15 is 0 Å². The van der Waals surface area contributed by atoms with Gasteiger partial charge in [-0.2, -0.15) is 4.98 Å². The number of rotatable bonds is 4. The number of aliphatic hydroxyl groups excluding tert-OH is 1. The Morgan fingerprint density at radius 1 is 1.30 bits per heavy atom. The van der Waals surface area contributed by atoms with Gasteiger partial charge in [0, 0.05) is 24.2 Å². The lowest BCUT2D eigenvalue weighted by Gasteiger charge is -2.13. The molecule has 106 valence electrons. The van der Waals surface area contributed by atoms with Crippen molar-refractivity contribution in [3.8, 4) is 0 Å². The quantitative estimate of drug-likeness (QED) is 0.753. The minimum Gasteiger partial charge on any atom is -0.386 e. The number of hydrogen-bond acceptors (Lipinski definition) is 5. The second-order valence-corrected chi connectivity index (χ2v) is 4.38. The van der Waals surface area contributed by atoms with Gasteiger partial charge in [-0.05, 0) is 6.07 Å². The lowest BCUT2D eigenvalue weighted by Crippen LogP contribution is -2.15. The van der Waals surface area contributed by atoms with Gasteiger partial charge in [-0.3, -0.25) is 0 Å². The Hall–Kier alpha value is -1.99. The number of hydrogen-bond donors (Lipinski definition) is 3. The first-order chi connectivity index (χ1) is 9.45. The van der Waals surface area contributed by atoms with Crippen molar-refractivity contribution >= 4 is 23.4 Å². The second kappa shape index (κ2) is 5.98. The Morgan fingerprint density at radius 3 is 2.70 bits per heavy atom. The van der Waals surface area contributed by atoms with Crippen LogP contribution in [0.4, 0.5) is 20.5 Å². The highest BCUT2D eigenvalue weighted by molar-refractivity contribution is 6.29. The third kappa shape index (κ3) is 3.52. The zero-order valence-corrected chi connectivity index (χ0v) is 10.9. The fraction of sp³-hybridized carbons (Fsp3) is 0.167. The first-order valence-electron chi connectivity index (χ1n) is 5.62. The fourth-order valence-corrected chi connectivity index (χ4v) is 1.80. The number of anilines is 2. The highest BCUT2D eigenvalue weighted by atomic mass is 35.5. The fourth-order valence-electron chi connectivity index (χ4n) is 1.61. The maximum atomic E-state index is 13.5. The summed E-state index contributed by atoms with van der Waals surface area (Å²) in [5, 5.41) is 12.7. The predicted molar refractivity (Wildman–Crippen MR) is 71.3 cm³/mol. The van der Waals surface area contributed by atoms with Gasteiger partial charge < -0.3 is 16.2 Å². The summed E-state index contributed by atoms with van der Waals surface area (Å²) in [6.07, 6.45) is -1.18. The molecule has 0 saturated heterocycles. The summed E-state index contributed by atoms with van der Waals surface area (Å²) < 4.78 is 26.2. The lowest BCUT2D eigenvalue weighted by molar-refractivity contribution is 0.186. The van der Waals surface area contributed by atoms with E-state index in [2.05, 4.69) is 15.3 Å². The molecule has 1 aromatic carbocycles. The van der Waals surface area contributed by atoms with Crippen molar-refractivity contribution in [2.45, 2.75) is 6.10 Å². The van der Waals surface area contributed by atoms with Crippen molar-refractivity contribution in [3.63, 3.8) is 0 Å². The van der Waals surface area contributed by atoms with Gasteiger partial charge in [-0.1, -0.05) is 17.7 Å². The van der Waals surface area contributed by atoms with Gasteiger partial charge in [0.25, 0.3) is 0 Å². The van der Waals surface area contributed by atoms with Crippen molar-refractivity contribution in [1.29, 1.82) is 0 Å². The minimum atomic E-state index is -1.18. The van der Waals surface area contributed by atoms with Crippen molar-refractivity contribution in [2.24, 2.45) is 0 Å². The Labute approximate surface area is 118 Å². The molecule has 1 atom stereocenters. The van der Waals surface area contributed by atoms with Gasteiger partial charge in [0.15, 0.2) is 0 Å². The Morgan fingerprint density at radius 2 is 2.05 bits per heavy atom. The van der Waals surface area contributed by atoms with Crippen molar-refractivity contribution in [3.05, 3.63) is 46.6 Å². The first-order valence-corrected chi connectivity index (χ1v) is 6.00. The molecule has 20 heavy (non-hydrogen) atoms. The first kappa shape index (κ1) is 14.4. The number of benzene rings is 1. The van der Waals surface area contributed by atoms with Gasteiger partial charge in [0.2, 0.25) is 5.95 Å². The molecule has 0 unspecified atom stereocenters. The third-order valence-electron chi connectivity index (χ3n) is 2.51. The number of aliphatic hydroxyl groups is 1. The molecule has 0 radical (unpaired) electrons. The van der Waals surface area contributed by atoms with E-state index in [1.165, 1.54) is 12.1 Å². The van der Waals surface area contributed by atoms with Crippen LogP contribution in [0.5, 0.6) is 0 Å². The van der Waals surface area contributed by atoms with Gasteiger partial charge in [-0.25, -0.2) is 13.8 Å². The largest absolute Gasteiger partial charge is 0.386 e. The molecule has 2 aromatic rings. The summed E-state index contributed by atoms with van der Waals surface area (Å²) in [6, 6.07) is 4.36. The zero-order valence-electron chi connectivity index (χ0n) is 10.1. The molecule has 1 heterocycles. The van der Waals surface area contributed by atoms with Gasteiger partial charge >= 0.3 is 0 Å². The van der Waals surface area contributed by atoms with E-state index in [0.29, 0.717) is 11.9 Å². The van der Waals surface area contributed by atoms with Crippen LogP contribution in [-0.4, -0.2) is 21.6 Å². The maximum Gasteiger partial charge on any atom is 0.223 e. The Bertz CT molecular complexity index is 606. The topological polar surface area (TPSA) is 84.1 Å². The Kier molecular flexibility index (Phi) is 4.31. The van der Waals surface area contributed by atoms with E-state index in [1.54, 1.807) is 0 Å². The van der Waals surface area contributed by atoms with Crippen LogP contribution in [0.3, 0.4) is 0 Å². The number of halogens is 3. The van der Waals surface area contributed by atoms with Crippen LogP contribution in [-0.2, 0) is 0 Å². The molecule has 0 aliphatic carbocycles. The summed E-state index contributed by atoms with van der Waals surface area (Å²) in [5.41, 5.74) is 5.39. The second-order valence-electron chi connectivity index (χ2n) is 4.00. The standard InChI is InChI=1S/C12H11ClF2N4O/c13-10-4-11(19-12(16)18-10)17-5-9(20)7-2-1-6(14)3-8(7)15/h1-4,9,20H,5H2,(H3,16,17,18,19)/t9-/m0/s1. The van der Waals surface area contributed by atoms with Gasteiger partial charge in [0.05, 0.1) is 6.10 Å². The van der Waals surface area contributed by atoms with Gasteiger partial charge in [-0.15, -0.1) is 0 Å². The minimum absolute atomic E-state index is 0.0213. The predicted octanol–water partition coefficient (Wildman–Crippen LogP) is 2.14. The summed E-state index contributed by atoms with van der Waals surface area (Å²) in [5.74, 6) is -1.26. The number of aromatic nitrogens is 2. The van der Waals surface area contributed by atoms with Crippen LogP contribution < -0.4 is 11.1 Å². The summed E-state index contributed by atoms with van der Waals surface area (Å²) in [6.45, 7) is -0.0463. The maximum absolute atomic E-state index is 13.5. The van der Waals surface area contributed by atoms with E-state index in [-0.39, 0.29) is 23.2 Å². The molecule has 0 bridgehead atoms. The molecule has 2 rings (SSSR count). The van der Waals surface area contributed by atoms with Crippen LogP contribution in [0.15, 0.2) is 24.3 Å². The van der Waals surface area contributed by atoms with Crippen LogP contribution >= 0.6 is 11.6 Å². The molecule has 0 saturated carbocycles. The number of nitrogens with one attached hydrogen (secondary N) is 1.